The number of ether oxygens (including phenoxy) is 1. The topological polar surface area (TPSA) is 75.7 Å². The number of likely N-dealkylation sites (tertiary alicyclic amines) is 1. The van der Waals surface area contributed by atoms with Gasteiger partial charge in [0.25, 0.3) is 5.91 Å². The number of halogens is 1. The maximum Gasteiger partial charge on any atom is 0.266 e. The van der Waals surface area contributed by atoms with E-state index in [9.17, 15) is 13.2 Å². The first kappa shape index (κ1) is 19.8. The highest BCUT2D eigenvalue weighted by Gasteiger charge is 2.36. The van der Waals surface area contributed by atoms with Crippen molar-refractivity contribution in [3.63, 3.8) is 0 Å². The van der Waals surface area contributed by atoms with Gasteiger partial charge in [0.1, 0.15) is 5.75 Å². The smallest absolute Gasteiger partial charge is 0.266 e. The lowest BCUT2D eigenvalue weighted by Gasteiger charge is -2.37. The SMILES string of the molecule is C=CS(=O)(=O)NC1CCN(C(=O)C(C)(C)Oc2ccc(Cl)cc2)CC1. The number of hydrogen-bond donors (Lipinski definition) is 1. The van der Waals surface area contributed by atoms with E-state index in [4.69, 9.17) is 16.3 Å². The number of amides is 1. The third-order valence-electron chi connectivity index (χ3n) is 4.03. The molecule has 1 aromatic carbocycles. The molecule has 1 saturated heterocycles. The molecule has 0 saturated carbocycles. The van der Waals surface area contributed by atoms with Crippen molar-refractivity contribution in [1.82, 2.24) is 9.62 Å². The molecule has 25 heavy (non-hydrogen) atoms. The lowest BCUT2D eigenvalue weighted by molar-refractivity contribution is -0.146. The van der Waals surface area contributed by atoms with Gasteiger partial charge in [-0.05, 0) is 51.0 Å². The summed E-state index contributed by atoms with van der Waals surface area (Å²) < 4.78 is 31.4. The third-order valence-corrected chi connectivity index (χ3v) is 5.39. The van der Waals surface area contributed by atoms with E-state index >= 15 is 0 Å². The van der Waals surface area contributed by atoms with E-state index in [1.54, 1.807) is 43.0 Å². The number of hydrogen-bond acceptors (Lipinski definition) is 4. The number of rotatable bonds is 6. The zero-order valence-electron chi connectivity index (χ0n) is 14.4. The summed E-state index contributed by atoms with van der Waals surface area (Å²) in [5.74, 6) is 0.434. The molecule has 1 heterocycles. The van der Waals surface area contributed by atoms with Crippen LogP contribution in [0, 0.1) is 0 Å². The van der Waals surface area contributed by atoms with Crippen molar-refractivity contribution >= 4 is 27.5 Å². The monoisotopic (exact) mass is 386 g/mol. The Balaban J connectivity index is 1.94. The summed E-state index contributed by atoms with van der Waals surface area (Å²) in [6.07, 6.45) is 1.10. The molecule has 0 radical (unpaired) electrons. The number of nitrogens with zero attached hydrogens (tertiary/aromatic N) is 1. The minimum atomic E-state index is -3.45. The summed E-state index contributed by atoms with van der Waals surface area (Å²) in [6.45, 7) is 7.65. The van der Waals surface area contributed by atoms with Gasteiger partial charge in [0.15, 0.2) is 5.60 Å². The minimum absolute atomic E-state index is 0.132. The number of carbonyl (C=O) groups excluding carboxylic acids is 1. The molecule has 1 N–H and O–H groups in total. The standard InChI is InChI=1S/C17H23ClN2O4S/c1-4-25(22,23)19-14-9-11-20(12-10-14)16(21)17(2,3)24-15-7-5-13(18)6-8-15/h4-8,14,19H,1,9-12H2,2-3H3. The lowest BCUT2D eigenvalue weighted by Crippen LogP contribution is -2.53. The molecule has 1 aromatic rings. The van der Waals surface area contributed by atoms with Gasteiger partial charge >= 0.3 is 0 Å². The minimum Gasteiger partial charge on any atom is -0.478 e. The van der Waals surface area contributed by atoms with Gasteiger partial charge in [0.05, 0.1) is 0 Å². The number of benzene rings is 1. The van der Waals surface area contributed by atoms with Gasteiger partial charge in [-0.25, -0.2) is 13.1 Å². The van der Waals surface area contributed by atoms with Crippen LogP contribution in [0.4, 0.5) is 0 Å². The van der Waals surface area contributed by atoms with E-state index in [1.165, 1.54) is 0 Å². The molecule has 0 aliphatic carbocycles. The quantitative estimate of drug-likeness (QED) is 0.815. The summed E-state index contributed by atoms with van der Waals surface area (Å²) >= 11 is 5.85. The van der Waals surface area contributed by atoms with Crippen LogP contribution in [0.25, 0.3) is 0 Å². The first-order valence-electron chi connectivity index (χ1n) is 8.02. The molecule has 1 amide bonds. The van der Waals surface area contributed by atoms with Crippen molar-refractivity contribution < 1.29 is 17.9 Å². The fraction of sp³-hybridized carbons (Fsp3) is 0.471. The molecule has 0 atom stereocenters. The normalized spacial score (nSPS) is 16.5. The average Bonchev–Trinajstić information content (AvgIpc) is 2.56. The molecule has 138 valence electrons. The van der Waals surface area contributed by atoms with E-state index < -0.39 is 15.6 Å². The van der Waals surface area contributed by atoms with Crippen LogP contribution in [0.5, 0.6) is 5.75 Å². The van der Waals surface area contributed by atoms with Crippen molar-refractivity contribution in [2.45, 2.75) is 38.3 Å². The maximum absolute atomic E-state index is 12.8. The summed E-state index contributed by atoms with van der Waals surface area (Å²) in [7, 11) is -3.45. The zero-order valence-corrected chi connectivity index (χ0v) is 15.9. The second kappa shape index (κ2) is 7.76. The van der Waals surface area contributed by atoms with E-state index in [-0.39, 0.29) is 11.9 Å². The highest BCUT2D eigenvalue weighted by atomic mass is 35.5. The fourth-order valence-corrected chi connectivity index (χ4v) is 3.63. The van der Waals surface area contributed by atoms with Crippen LogP contribution < -0.4 is 9.46 Å². The molecule has 6 nitrogen and oxygen atoms in total. The Morgan fingerprint density at radius 1 is 1.32 bits per heavy atom. The van der Waals surface area contributed by atoms with Crippen LogP contribution in [0.1, 0.15) is 26.7 Å². The maximum atomic E-state index is 12.8. The van der Waals surface area contributed by atoms with Crippen LogP contribution in [0.2, 0.25) is 5.02 Å². The summed E-state index contributed by atoms with van der Waals surface area (Å²) in [5, 5.41) is 1.49. The summed E-state index contributed by atoms with van der Waals surface area (Å²) in [6, 6.07) is 6.65. The molecule has 1 aliphatic heterocycles. The molecule has 0 aromatic heterocycles. The van der Waals surface area contributed by atoms with Gasteiger partial charge in [-0.15, -0.1) is 0 Å². The zero-order chi connectivity index (χ0) is 18.7. The van der Waals surface area contributed by atoms with E-state index in [0.717, 1.165) is 5.41 Å². The highest BCUT2D eigenvalue weighted by Crippen LogP contribution is 2.24. The summed E-state index contributed by atoms with van der Waals surface area (Å²) in [4.78, 5) is 14.5. The van der Waals surface area contributed by atoms with Crippen LogP contribution in [0.3, 0.4) is 0 Å². The van der Waals surface area contributed by atoms with E-state index in [0.29, 0.717) is 36.7 Å². The Kier molecular flexibility index (Phi) is 6.13. The van der Waals surface area contributed by atoms with Crippen molar-refractivity contribution in [1.29, 1.82) is 0 Å². The molecule has 0 bridgehead atoms. The fourth-order valence-electron chi connectivity index (χ4n) is 2.70. The number of carbonyl (C=O) groups is 1. The van der Waals surface area contributed by atoms with Crippen molar-refractivity contribution in [2.24, 2.45) is 0 Å². The lowest BCUT2D eigenvalue weighted by atomic mass is 10.0. The first-order chi connectivity index (χ1) is 11.6. The Morgan fingerprint density at radius 3 is 2.40 bits per heavy atom. The molecular weight excluding hydrogens is 364 g/mol. The predicted octanol–water partition coefficient (Wildman–Crippen LogP) is 2.55. The third kappa shape index (κ3) is 5.45. The second-order valence-corrected chi connectivity index (χ2v) is 8.56. The molecule has 0 spiro atoms. The molecule has 1 fully saturated rings. The Hall–Kier alpha value is -1.57. The van der Waals surface area contributed by atoms with Gasteiger partial charge in [0.2, 0.25) is 10.0 Å². The number of piperidine rings is 1. The van der Waals surface area contributed by atoms with Gasteiger partial charge < -0.3 is 9.64 Å². The summed E-state index contributed by atoms with van der Waals surface area (Å²) in [5.41, 5.74) is -1.03. The van der Waals surface area contributed by atoms with Gasteiger partial charge in [-0.3, -0.25) is 4.79 Å². The second-order valence-electron chi connectivity index (χ2n) is 6.46. The van der Waals surface area contributed by atoms with Crippen molar-refractivity contribution in [3.8, 4) is 5.75 Å². The molecule has 0 unspecified atom stereocenters. The van der Waals surface area contributed by atoms with Crippen molar-refractivity contribution in [3.05, 3.63) is 41.3 Å². The van der Waals surface area contributed by atoms with Crippen LogP contribution in [-0.2, 0) is 14.8 Å². The number of sulfonamides is 1. The van der Waals surface area contributed by atoms with Crippen molar-refractivity contribution in [2.75, 3.05) is 13.1 Å². The largest absolute Gasteiger partial charge is 0.478 e. The van der Waals surface area contributed by atoms with Gasteiger partial charge in [-0.1, -0.05) is 18.2 Å². The van der Waals surface area contributed by atoms with Gasteiger partial charge in [-0.2, -0.15) is 0 Å². The predicted molar refractivity (Wildman–Crippen MR) is 98.0 cm³/mol. The average molecular weight is 387 g/mol. The molecule has 8 heteroatoms. The Bertz CT molecular complexity index is 724. The van der Waals surface area contributed by atoms with Crippen LogP contribution >= 0.6 is 11.6 Å². The number of nitrogens with one attached hydrogen (secondary N) is 1. The molecular formula is C17H23ClN2O4S. The van der Waals surface area contributed by atoms with E-state index in [1.807, 2.05) is 0 Å². The van der Waals surface area contributed by atoms with Crippen LogP contribution in [-0.4, -0.2) is 44.0 Å². The van der Waals surface area contributed by atoms with Crippen LogP contribution in [0.15, 0.2) is 36.3 Å². The highest BCUT2D eigenvalue weighted by molar-refractivity contribution is 7.92. The molecule has 2 rings (SSSR count). The Labute approximate surface area is 153 Å². The van der Waals surface area contributed by atoms with E-state index in [2.05, 4.69) is 11.3 Å². The Morgan fingerprint density at radius 2 is 1.88 bits per heavy atom. The first-order valence-corrected chi connectivity index (χ1v) is 9.94. The molecule has 1 aliphatic rings. The van der Waals surface area contributed by atoms with Gasteiger partial charge in [0, 0.05) is 29.6 Å².